The molecule has 0 unspecified atom stereocenters. The molecule has 0 saturated carbocycles. The molecule has 6 heteroatoms. The van der Waals surface area contributed by atoms with Crippen molar-refractivity contribution in [3.8, 4) is 5.75 Å². The van der Waals surface area contributed by atoms with Gasteiger partial charge in [0.05, 0.1) is 6.61 Å². The summed E-state index contributed by atoms with van der Waals surface area (Å²) in [5, 5.41) is 2.76. The molecule has 0 bridgehead atoms. The van der Waals surface area contributed by atoms with E-state index in [1.165, 1.54) is 0 Å². The van der Waals surface area contributed by atoms with Crippen LogP contribution in [0.5, 0.6) is 5.75 Å². The van der Waals surface area contributed by atoms with Crippen LogP contribution >= 0.6 is 0 Å². The van der Waals surface area contributed by atoms with Crippen molar-refractivity contribution in [2.45, 2.75) is 33.6 Å². The zero-order valence-corrected chi connectivity index (χ0v) is 17.2. The second-order valence-corrected chi connectivity index (χ2v) is 6.48. The van der Waals surface area contributed by atoms with Crippen molar-refractivity contribution in [2.24, 2.45) is 0 Å². The fourth-order valence-corrected chi connectivity index (χ4v) is 2.89. The summed E-state index contributed by atoms with van der Waals surface area (Å²) in [6.45, 7) is 7.63. The number of benzene rings is 2. The van der Waals surface area contributed by atoms with Gasteiger partial charge in [-0.05, 0) is 69.3 Å². The van der Waals surface area contributed by atoms with Gasteiger partial charge in [0.15, 0.2) is 5.78 Å². The van der Waals surface area contributed by atoms with Gasteiger partial charge in [-0.25, -0.2) is 0 Å². The zero-order chi connectivity index (χ0) is 21.2. The van der Waals surface area contributed by atoms with Gasteiger partial charge in [0.1, 0.15) is 5.75 Å². The molecule has 29 heavy (non-hydrogen) atoms. The molecular formula is C23H28N2O4. The van der Waals surface area contributed by atoms with E-state index in [0.717, 1.165) is 0 Å². The normalized spacial score (nSPS) is 10.3. The second-order valence-electron chi connectivity index (χ2n) is 6.48. The van der Waals surface area contributed by atoms with E-state index in [4.69, 9.17) is 4.74 Å². The average Bonchev–Trinajstić information content (AvgIpc) is 2.74. The molecule has 0 aliphatic carbocycles. The van der Waals surface area contributed by atoms with Gasteiger partial charge in [-0.2, -0.15) is 0 Å². The lowest BCUT2D eigenvalue weighted by molar-refractivity contribution is -0.116. The van der Waals surface area contributed by atoms with Crippen LogP contribution in [-0.4, -0.2) is 42.2 Å². The second kappa shape index (κ2) is 11.0. The van der Waals surface area contributed by atoms with Crippen LogP contribution in [-0.2, 0) is 4.79 Å². The summed E-state index contributed by atoms with van der Waals surface area (Å²) in [6.07, 6.45) is 0.213. The summed E-state index contributed by atoms with van der Waals surface area (Å²) < 4.78 is 5.35. The highest BCUT2D eigenvalue weighted by molar-refractivity contribution is 6.00. The number of carbonyl (C=O) groups is 3. The molecule has 0 saturated heterocycles. The fraction of sp³-hybridized carbons (Fsp3) is 0.348. The van der Waals surface area contributed by atoms with E-state index in [9.17, 15) is 14.4 Å². The van der Waals surface area contributed by atoms with E-state index in [2.05, 4.69) is 5.32 Å². The Bertz CT molecular complexity index is 825. The van der Waals surface area contributed by atoms with E-state index < -0.39 is 0 Å². The summed E-state index contributed by atoms with van der Waals surface area (Å²) in [5.41, 5.74) is 1.73. The molecule has 0 atom stereocenters. The molecule has 2 amide bonds. The highest BCUT2D eigenvalue weighted by Gasteiger charge is 2.13. The monoisotopic (exact) mass is 396 g/mol. The van der Waals surface area contributed by atoms with Crippen molar-refractivity contribution in [1.82, 2.24) is 4.90 Å². The molecule has 0 spiro atoms. The van der Waals surface area contributed by atoms with Gasteiger partial charge in [0, 0.05) is 42.7 Å². The van der Waals surface area contributed by atoms with Crippen LogP contribution in [0, 0.1) is 0 Å². The Morgan fingerprint density at radius 1 is 0.828 bits per heavy atom. The van der Waals surface area contributed by atoms with Gasteiger partial charge in [-0.1, -0.05) is 0 Å². The fourth-order valence-electron chi connectivity index (χ4n) is 2.89. The number of nitrogens with zero attached hydrogens (tertiary/aromatic N) is 1. The van der Waals surface area contributed by atoms with Crippen LogP contribution in [0.3, 0.4) is 0 Å². The predicted molar refractivity (Wildman–Crippen MR) is 113 cm³/mol. The van der Waals surface area contributed by atoms with Crippen LogP contribution in [0.4, 0.5) is 5.69 Å². The Hall–Kier alpha value is -3.15. The van der Waals surface area contributed by atoms with Gasteiger partial charge >= 0.3 is 0 Å². The summed E-state index contributed by atoms with van der Waals surface area (Å²) >= 11 is 0. The molecular weight excluding hydrogens is 368 g/mol. The van der Waals surface area contributed by atoms with Crippen molar-refractivity contribution in [2.75, 3.05) is 25.0 Å². The highest BCUT2D eigenvalue weighted by atomic mass is 16.5. The lowest BCUT2D eigenvalue weighted by Crippen LogP contribution is -2.30. The minimum Gasteiger partial charge on any atom is -0.494 e. The van der Waals surface area contributed by atoms with E-state index in [-0.39, 0.29) is 30.4 Å². The SMILES string of the molecule is CCOc1ccc(C(=O)CCC(=O)Nc2ccc(C(=O)N(CC)CC)cc2)cc1. The average molecular weight is 396 g/mol. The number of hydrogen-bond acceptors (Lipinski definition) is 4. The quantitative estimate of drug-likeness (QED) is 0.612. The van der Waals surface area contributed by atoms with Gasteiger partial charge in [-0.15, -0.1) is 0 Å². The first-order chi connectivity index (χ1) is 14.0. The predicted octanol–water partition coefficient (Wildman–Crippen LogP) is 4.17. The molecule has 0 aliphatic rings. The van der Waals surface area contributed by atoms with Crippen molar-refractivity contribution in [3.63, 3.8) is 0 Å². The highest BCUT2D eigenvalue weighted by Crippen LogP contribution is 2.15. The molecule has 0 aromatic heterocycles. The molecule has 1 N–H and O–H groups in total. The number of hydrogen-bond donors (Lipinski definition) is 1. The molecule has 2 aromatic carbocycles. The first kappa shape index (κ1) is 22.1. The number of rotatable bonds is 10. The Morgan fingerprint density at radius 2 is 1.41 bits per heavy atom. The number of ether oxygens (including phenoxy) is 1. The molecule has 2 rings (SSSR count). The van der Waals surface area contributed by atoms with Crippen LogP contribution in [0.1, 0.15) is 54.3 Å². The first-order valence-corrected chi connectivity index (χ1v) is 9.93. The third kappa shape index (κ3) is 6.45. The molecule has 2 aromatic rings. The zero-order valence-electron chi connectivity index (χ0n) is 17.2. The number of carbonyl (C=O) groups excluding carboxylic acids is 3. The Kier molecular flexibility index (Phi) is 8.40. The summed E-state index contributed by atoms with van der Waals surface area (Å²) in [5.74, 6) is 0.342. The maximum atomic E-state index is 12.3. The standard InChI is InChI=1S/C23H28N2O4/c1-4-25(5-2)23(28)18-7-11-19(12-8-18)24-22(27)16-15-21(26)17-9-13-20(14-10-17)29-6-3/h7-14H,4-6,15-16H2,1-3H3,(H,24,27). The van der Waals surface area contributed by atoms with Gasteiger partial charge in [-0.3, -0.25) is 14.4 Å². The van der Waals surface area contributed by atoms with Gasteiger partial charge < -0.3 is 15.0 Å². The summed E-state index contributed by atoms with van der Waals surface area (Å²) in [7, 11) is 0. The van der Waals surface area contributed by atoms with Crippen molar-refractivity contribution < 1.29 is 19.1 Å². The van der Waals surface area contributed by atoms with E-state index >= 15 is 0 Å². The van der Waals surface area contributed by atoms with E-state index in [1.807, 2.05) is 20.8 Å². The van der Waals surface area contributed by atoms with Gasteiger partial charge in [0.2, 0.25) is 5.91 Å². The largest absolute Gasteiger partial charge is 0.494 e. The smallest absolute Gasteiger partial charge is 0.253 e. The summed E-state index contributed by atoms with van der Waals surface area (Å²) in [4.78, 5) is 38.4. The minimum atomic E-state index is -0.243. The van der Waals surface area contributed by atoms with Crippen LogP contribution in [0.2, 0.25) is 0 Å². The number of anilines is 1. The third-order valence-electron chi connectivity index (χ3n) is 4.53. The Morgan fingerprint density at radius 3 is 1.97 bits per heavy atom. The lowest BCUT2D eigenvalue weighted by Gasteiger charge is -2.18. The number of nitrogens with one attached hydrogen (secondary N) is 1. The van der Waals surface area contributed by atoms with Crippen LogP contribution in [0.25, 0.3) is 0 Å². The van der Waals surface area contributed by atoms with Crippen molar-refractivity contribution >= 4 is 23.3 Å². The molecule has 6 nitrogen and oxygen atoms in total. The number of ketones is 1. The molecule has 0 fully saturated rings. The van der Waals surface area contributed by atoms with Crippen LogP contribution < -0.4 is 10.1 Å². The van der Waals surface area contributed by atoms with Crippen molar-refractivity contribution in [1.29, 1.82) is 0 Å². The van der Waals surface area contributed by atoms with E-state index in [0.29, 0.717) is 42.3 Å². The summed E-state index contributed by atoms with van der Waals surface area (Å²) in [6, 6.07) is 13.7. The Balaban J connectivity index is 1.85. The number of Topliss-reactive ketones (excluding diaryl/α,β-unsaturated/α-hetero) is 1. The maximum Gasteiger partial charge on any atom is 0.253 e. The molecule has 0 heterocycles. The molecule has 154 valence electrons. The minimum absolute atomic E-state index is 0.0335. The topological polar surface area (TPSA) is 75.7 Å². The third-order valence-corrected chi connectivity index (χ3v) is 4.53. The number of amides is 2. The maximum absolute atomic E-state index is 12.3. The van der Waals surface area contributed by atoms with Crippen molar-refractivity contribution in [3.05, 3.63) is 59.7 Å². The Labute approximate surface area is 171 Å². The van der Waals surface area contributed by atoms with Crippen LogP contribution in [0.15, 0.2) is 48.5 Å². The first-order valence-electron chi connectivity index (χ1n) is 9.93. The molecule has 0 aliphatic heterocycles. The van der Waals surface area contributed by atoms with Gasteiger partial charge in [0.25, 0.3) is 5.91 Å². The molecule has 0 radical (unpaired) electrons. The lowest BCUT2D eigenvalue weighted by atomic mass is 10.1. The van der Waals surface area contributed by atoms with E-state index in [1.54, 1.807) is 53.4 Å².